The average Bonchev–Trinajstić information content (AvgIpc) is 3.04. The molecular weight excluding hydrogens is 322 g/mol. The van der Waals surface area contributed by atoms with Gasteiger partial charge >= 0.3 is 0 Å². The molecule has 0 saturated heterocycles. The molecule has 1 aromatic carbocycles. The first-order valence-corrected chi connectivity index (χ1v) is 8.15. The van der Waals surface area contributed by atoms with Gasteiger partial charge in [-0.15, -0.1) is 10.2 Å². The third kappa shape index (κ3) is 3.61. The smallest absolute Gasteiger partial charge is 0.147 e. The van der Waals surface area contributed by atoms with E-state index >= 15 is 0 Å². The number of nitrogens with zero attached hydrogens (tertiary/aromatic N) is 2. The van der Waals surface area contributed by atoms with Crippen molar-refractivity contribution in [1.29, 1.82) is 0 Å². The van der Waals surface area contributed by atoms with Gasteiger partial charge in [0.1, 0.15) is 10.0 Å². The van der Waals surface area contributed by atoms with E-state index in [2.05, 4.69) is 56.6 Å². The van der Waals surface area contributed by atoms with Gasteiger partial charge in [-0.3, -0.25) is 0 Å². The summed E-state index contributed by atoms with van der Waals surface area (Å²) >= 11 is 5.22. The minimum atomic E-state index is 0.764. The molecule has 2 aromatic rings. The van der Waals surface area contributed by atoms with Crippen LogP contribution in [0, 0.1) is 6.92 Å². The zero-order valence-electron chi connectivity index (χ0n) is 10.8. The summed E-state index contributed by atoms with van der Waals surface area (Å²) in [7, 11) is 0. The standard InChI is InChI=1S/C14H16BrN3S/c1-9-6-10(8-11(15)7-9)14-18-17-13(19-14)4-5-16-12-2-3-12/h6-8,12,16H,2-5H2,1H3. The second-order valence-electron chi connectivity index (χ2n) is 5.00. The molecule has 1 heterocycles. The Balaban J connectivity index is 1.68. The molecule has 0 amide bonds. The van der Waals surface area contributed by atoms with Crippen LogP contribution in [0.5, 0.6) is 0 Å². The molecule has 19 heavy (non-hydrogen) atoms. The fourth-order valence-corrected chi connectivity index (χ4v) is 3.44. The molecule has 1 aliphatic rings. The topological polar surface area (TPSA) is 37.8 Å². The van der Waals surface area contributed by atoms with Crippen LogP contribution in [0.2, 0.25) is 0 Å². The highest BCUT2D eigenvalue weighted by Crippen LogP contribution is 2.27. The summed E-state index contributed by atoms with van der Waals surface area (Å²) in [5.41, 5.74) is 2.38. The Morgan fingerprint density at radius 1 is 1.32 bits per heavy atom. The van der Waals surface area contributed by atoms with Crippen molar-refractivity contribution in [3.05, 3.63) is 33.2 Å². The molecule has 0 radical (unpaired) electrons. The Kier molecular flexibility index (Phi) is 3.96. The van der Waals surface area contributed by atoms with Crippen LogP contribution >= 0.6 is 27.3 Å². The van der Waals surface area contributed by atoms with Crippen LogP contribution in [0.1, 0.15) is 23.4 Å². The lowest BCUT2D eigenvalue weighted by atomic mass is 10.1. The Hall–Kier alpha value is -0.780. The molecular formula is C14H16BrN3S. The fraction of sp³-hybridized carbons (Fsp3) is 0.429. The number of rotatable bonds is 5. The summed E-state index contributed by atoms with van der Waals surface area (Å²) < 4.78 is 1.09. The molecule has 3 nitrogen and oxygen atoms in total. The first kappa shape index (κ1) is 13.2. The van der Waals surface area contributed by atoms with Crippen LogP contribution in [0.25, 0.3) is 10.6 Å². The van der Waals surface area contributed by atoms with Gasteiger partial charge in [0.25, 0.3) is 0 Å². The van der Waals surface area contributed by atoms with Crippen LogP contribution in [-0.4, -0.2) is 22.8 Å². The van der Waals surface area contributed by atoms with Crippen LogP contribution in [0.3, 0.4) is 0 Å². The van der Waals surface area contributed by atoms with E-state index in [4.69, 9.17) is 0 Å². The number of halogens is 1. The van der Waals surface area contributed by atoms with Gasteiger partial charge < -0.3 is 5.32 Å². The first-order chi connectivity index (χ1) is 9.20. The van der Waals surface area contributed by atoms with Gasteiger partial charge in [-0.25, -0.2) is 0 Å². The maximum Gasteiger partial charge on any atom is 0.147 e. The summed E-state index contributed by atoms with van der Waals surface area (Å²) in [6.45, 7) is 3.10. The largest absolute Gasteiger partial charge is 0.314 e. The summed E-state index contributed by atoms with van der Waals surface area (Å²) in [5, 5.41) is 14.2. The van der Waals surface area contributed by atoms with Crippen LogP contribution < -0.4 is 5.32 Å². The quantitative estimate of drug-likeness (QED) is 0.906. The van der Waals surface area contributed by atoms with Gasteiger partial charge in [-0.05, 0) is 43.5 Å². The van der Waals surface area contributed by atoms with Gasteiger partial charge in [0, 0.05) is 29.0 Å². The highest BCUT2D eigenvalue weighted by molar-refractivity contribution is 9.10. The number of hydrogen-bond acceptors (Lipinski definition) is 4. The molecule has 0 aliphatic heterocycles. The molecule has 1 aromatic heterocycles. The molecule has 100 valence electrons. The molecule has 0 spiro atoms. The van der Waals surface area contributed by atoms with Crippen molar-refractivity contribution in [2.45, 2.75) is 32.2 Å². The minimum Gasteiger partial charge on any atom is -0.314 e. The predicted molar refractivity (Wildman–Crippen MR) is 82.5 cm³/mol. The second kappa shape index (κ2) is 5.69. The molecule has 1 fully saturated rings. The molecule has 0 atom stereocenters. The van der Waals surface area contributed by atoms with Gasteiger partial charge in [0.05, 0.1) is 0 Å². The number of nitrogens with one attached hydrogen (secondary N) is 1. The van der Waals surface area contributed by atoms with Gasteiger partial charge in [-0.1, -0.05) is 27.3 Å². The summed E-state index contributed by atoms with van der Waals surface area (Å²) in [5.74, 6) is 0. The monoisotopic (exact) mass is 337 g/mol. The van der Waals surface area contributed by atoms with E-state index in [0.29, 0.717) is 0 Å². The first-order valence-electron chi connectivity index (χ1n) is 6.54. The maximum atomic E-state index is 4.30. The number of hydrogen-bond donors (Lipinski definition) is 1. The van der Waals surface area contributed by atoms with Crippen molar-refractivity contribution < 1.29 is 0 Å². The van der Waals surface area contributed by atoms with Crippen molar-refractivity contribution in [1.82, 2.24) is 15.5 Å². The van der Waals surface area contributed by atoms with Crippen molar-refractivity contribution in [3.63, 3.8) is 0 Å². The summed E-state index contributed by atoms with van der Waals surface area (Å²) in [6, 6.07) is 7.11. The normalized spacial score (nSPS) is 14.8. The SMILES string of the molecule is Cc1cc(Br)cc(-c2nnc(CCNC3CC3)s2)c1. The van der Waals surface area contributed by atoms with E-state index in [0.717, 1.165) is 39.1 Å². The number of aromatic nitrogens is 2. The molecule has 0 bridgehead atoms. The molecule has 3 rings (SSSR count). The lowest BCUT2D eigenvalue weighted by Crippen LogP contribution is -2.19. The molecule has 5 heteroatoms. The summed E-state index contributed by atoms with van der Waals surface area (Å²) in [6.07, 6.45) is 3.64. The highest BCUT2D eigenvalue weighted by atomic mass is 79.9. The molecule has 0 unspecified atom stereocenters. The van der Waals surface area contributed by atoms with Gasteiger partial charge in [0.15, 0.2) is 0 Å². The average molecular weight is 338 g/mol. The predicted octanol–water partition coefficient (Wildman–Crippen LogP) is 3.57. The minimum absolute atomic E-state index is 0.764. The Bertz CT molecular complexity index is 558. The van der Waals surface area contributed by atoms with Gasteiger partial charge in [-0.2, -0.15) is 0 Å². The van der Waals surface area contributed by atoms with Crippen LogP contribution in [0.15, 0.2) is 22.7 Å². The number of aryl methyl sites for hydroxylation is 1. The molecule has 1 aliphatic carbocycles. The Labute approximate surface area is 125 Å². The Morgan fingerprint density at radius 3 is 2.89 bits per heavy atom. The van der Waals surface area contributed by atoms with E-state index < -0.39 is 0 Å². The van der Waals surface area contributed by atoms with Crippen molar-refractivity contribution in [2.24, 2.45) is 0 Å². The van der Waals surface area contributed by atoms with E-state index in [1.807, 2.05) is 0 Å². The second-order valence-corrected chi connectivity index (χ2v) is 6.97. The van der Waals surface area contributed by atoms with Crippen LogP contribution in [0.4, 0.5) is 0 Å². The third-order valence-electron chi connectivity index (χ3n) is 3.11. The van der Waals surface area contributed by atoms with E-state index in [9.17, 15) is 0 Å². The van der Waals surface area contributed by atoms with E-state index in [1.54, 1.807) is 11.3 Å². The Morgan fingerprint density at radius 2 is 2.16 bits per heavy atom. The van der Waals surface area contributed by atoms with Gasteiger partial charge in [0.2, 0.25) is 0 Å². The highest BCUT2D eigenvalue weighted by Gasteiger charge is 2.19. The lowest BCUT2D eigenvalue weighted by Gasteiger charge is -2.00. The number of benzene rings is 1. The summed E-state index contributed by atoms with van der Waals surface area (Å²) in [4.78, 5) is 0. The fourth-order valence-electron chi connectivity index (χ4n) is 2.00. The maximum absolute atomic E-state index is 4.30. The van der Waals surface area contributed by atoms with Crippen molar-refractivity contribution in [3.8, 4) is 10.6 Å². The van der Waals surface area contributed by atoms with Crippen molar-refractivity contribution in [2.75, 3.05) is 6.54 Å². The van der Waals surface area contributed by atoms with E-state index in [-0.39, 0.29) is 0 Å². The third-order valence-corrected chi connectivity index (χ3v) is 4.60. The molecule has 1 N–H and O–H groups in total. The van der Waals surface area contributed by atoms with Crippen LogP contribution in [-0.2, 0) is 6.42 Å². The van der Waals surface area contributed by atoms with E-state index in [1.165, 1.54) is 18.4 Å². The zero-order chi connectivity index (χ0) is 13.2. The van der Waals surface area contributed by atoms with Crippen molar-refractivity contribution >= 4 is 27.3 Å². The lowest BCUT2D eigenvalue weighted by molar-refractivity contribution is 0.677. The molecule has 1 saturated carbocycles. The zero-order valence-corrected chi connectivity index (χ0v) is 13.2.